The normalized spacial score (nSPS) is 20.0. The first-order valence-corrected chi connectivity index (χ1v) is 5.44. The molecule has 0 aliphatic carbocycles. The zero-order valence-electron chi connectivity index (χ0n) is 9.31. The van der Waals surface area contributed by atoms with Gasteiger partial charge >= 0.3 is 0 Å². The summed E-state index contributed by atoms with van der Waals surface area (Å²) >= 11 is 0. The van der Waals surface area contributed by atoms with E-state index >= 15 is 0 Å². The predicted molar refractivity (Wildman–Crippen MR) is 62.4 cm³/mol. The first kappa shape index (κ1) is 10.3. The molecule has 0 saturated carbocycles. The molecule has 0 amide bonds. The molecule has 1 aromatic rings. The minimum absolute atomic E-state index is 0.113. The van der Waals surface area contributed by atoms with E-state index in [0.29, 0.717) is 12.6 Å². The Hall–Kier alpha value is -1.22. The van der Waals surface area contributed by atoms with E-state index in [2.05, 4.69) is 24.8 Å². The summed E-state index contributed by atoms with van der Waals surface area (Å²) in [6, 6.07) is 8.62. The molecule has 1 heterocycles. The van der Waals surface area contributed by atoms with Gasteiger partial charge in [-0.1, -0.05) is 12.1 Å². The van der Waals surface area contributed by atoms with Gasteiger partial charge in [0.05, 0.1) is 12.2 Å². The monoisotopic (exact) mass is 206 g/mol. The van der Waals surface area contributed by atoms with Crippen molar-refractivity contribution in [1.29, 1.82) is 0 Å². The number of benzene rings is 1. The van der Waals surface area contributed by atoms with Crippen molar-refractivity contribution in [3.05, 3.63) is 24.3 Å². The lowest BCUT2D eigenvalue weighted by molar-refractivity contribution is 0.198. The van der Waals surface area contributed by atoms with E-state index in [1.165, 1.54) is 5.69 Å². The molecular formula is C12H18N2O. The van der Waals surface area contributed by atoms with Crippen LogP contribution in [0.3, 0.4) is 0 Å². The van der Waals surface area contributed by atoms with Crippen LogP contribution >= 0.6 is 0 Å². The Morgan fingerprint density at radius 1 is 1.47 bits per heavy atom. The number of fused-ring (bicyclic) bond motifs is 1. The lowest BCUT2D eigenvalue weighted by Crippen LogP contribution is -2.46. The largest absolute Gasteiger partial charge is 0.485 e. The molecule has 1 aromatic carbocycles. The standard InChI is InChI=1S/C12H18N2O/c1-9(2)14-8-10(7-13)15-12-6-4-3-5-11(12)14/h3-6,9-10H,7-8,13H2,1-2H3. The molecule has 3 heteroatoms. The third-order valence-electron chi connectivity index (χ3n) is 2.75. The molecule has 0 aromatic heterocycles. The van der Waals surface area contributed by atoms with Crippen molar-refractivity contribution in [2.75, 3.05) is 18.0 Å². The second-order valence-electron chi connectivity index (χ2n) is 4.19. The molecule has 82 valence electrons. The number of ether oxygens (including phenoxy) is 1. The summed E-state index contributed by atoms with van der Waals surface area (Å²) < 4.78 is 5.79. The van der Waals surface area contributed by atoms with Gasteiger partial charge in [0.1, 0.15) is 11.9 Å². The van der Waals surface area contributed by atoms with Crippen molar-refractivity contribution >= 4 is 5.69 Å². The van der Waals surface area contributed by atoms with E-state index in [0.717, 1.165) is 12.3 Å². The van der Waals surface area contributed by atoms with Gasteiger partial charge in [-0.05, 0) is 26.0 Å². The number of rotatable bonds is 2. The summed E-state index contributed by atoms with van der Waals surface area (Å²) in [7, 11) is 0. The van der Waals surface area contributed by atoms with E-state index in [1.54, 1.807) is 0 Å². The number of para-hydroxylation sites is 2. The molecule has 2 N–H and O–H groups in total. The zero-order valence-corrected chi connectivity index (χ0v) is 9.31. The average Bonchev–Trinajstić information content (AvgIpc) is 2.27. The lowest BCUT2D eigenvalue weighted by atomic mass is 10.1. The maximum Gasteiger partial charge on any atom is 0.143 e. The summed E-state index contributed by atoms with van der Waals surface area (Å²) in [5.74, 6) is 0.952. The second-order valence-corrected chi connectivity index (χ2v) is 4.19. The van der Waals surface area contributed by atoms with Crippen molar-refractivity contribution in [3.63, 3.8) is 0 Å². The maximum absolute atomic E-state index is 5.79. The maximum atomic E-state index is 5.79. The van der Waals surface area contributed by atoms with Gasteiger partial charge in [0.15, 0.2) is 0 Å². The van der Waals surface area contributed by atoms with Gasteiger partial charge in [-0.25, -0.2) is 0 Å². The Bertz CT molecular complexity index is 338. The van der Waals surface area contributed by atoms with Gasteiger partial charge < -0.3 is 15.4 Å². The molecule has 1 aliphatic heterocycles. The van der Waals surface area contributed by atoms with Crippen molar-refractivity contribution < 1.29 is 4.74 Å². The molecule has 0 spiro atoms. The van der Waals surface area contributed by atoms with Crippen LogP contribution in [0.15, 0.2) is 24.3 Å². The highest BCUT2D eigenvalue weighted by atomic mass is 16.5. The van der Waals surface area contributed by atoms with Crippen molar-refractivity contribution in [1.82, 2.24) is 0 Å². The topological polar surface area (TPSA) is 38.5 Å². The van der Waals surface area contributed by atoms with Crippen LogP contribution in [0.1, 0.15) is 13.8 Å². The molecule has 0 saturated heterocycles. The Balaban J connectivity index is 2.34. The van der Waals surface area contributed by atoms with E-state index in [-0.39, 0.29) is 6.10 Å². The summed E-state index contributed by atoms with van der Waals surface area (Å²) in [4.78, 5) is 2.34. The van der Waals surface area contributed by atoms with Crippen LogP contribution in [-0.2, 0) is 0 Å². The van der Waals surface area contributed by atoms with Crippen LogP contribution in [0.25, 0.3) is 0 Å². The van der Waals surface area contributed by atoms with Gasteiger partial charge in [-0.15, -0.1) is 0 Å². The van der Waals surface area contributed by atoms with Crippen LogP contribution < -0.4 is 15.4 Å². The molecule has 0 radical (unpaired) electrons. The number of hydrogen-bond acceptors (Lipinski definition) is 3. The molecule has 0 fully saturated rings. The van der Waals surface area contributed by atoms with Crippen molar-refractivity contribution in [3.8, 4) is 5.75 Å². The van der Waals surface area contributed by atoms with Crippen LogP contribution in [0, 0.1) is 0 Å². The van der Waals surface area contributed by atoms with Gasteiger partial charge in [-0.2, -0.15) is 0 Å². The third kappa shape index (κ3) is 1.92. The number of nitrogens with zero attached hydrogens (tertiary/aromatic N) is 1. The Morgan fingerprint density at radius 3 is 2.87 bits per heavy atom. The second kappa shape index (κ2) is 4.11. The molecular weight excluding hydrogens is 188 g/mol. The van der Waals surface area contributed by atoms with Gasteiger partial charge in [0.25, 0.3) is 0 Å². The number of hydrogen-bond donors (Lipinski definition) is 1. The summed E-state index contributed by atoms with van der Waals surface area (Å²) in [6.07, 6.45) is 0.113. The highest BCUT2D eigenvalue weighted by Gasteiger charge is 2.25. The summed E-state index contributed by atoms with van der Waals surface area (Å²) in [5.41, 5.74) is 6.85. The number of nitrogens with two attached hydrogens (primary N) is 1. The molecule has 1 atom stereocenters. The zero-order chi connectivity index (χ0) is 10.8. The molecule has 2 rings (SSSR count). The highest BCUT2D eigenvalue weighted by molar-refractivity contribution is 5.60. The fourth-order valence-electron chi connectivity index (χ4n) is 1.94. The van der Waals surface area contributed by atoms with Crippen LogP contribution in [0.5, 0.6) is 5.75 Å². The minimum Gasteiger partial charge on any atom is -0.485 e. The van der Waals surface area contributed by atoms with Gasteiger partial charge in [0.2, 0.25) is 0 Å². The first-order chi connectivity index (χ1) is 7.22. The van der Waals surface area contributed by atoms with E-state index in [4.69, 9.17) is 10.5 Å². The van der Waals surface area contributed by atoms with Gasteiger partial charge in [0, 0.05) is 12.6 Å². The molecule has 0 bridgehead atoms. The molecule has 15 heavy (non-hydrogen) atoms. The average molecular weight is 206 g/mol. The molecule has 1 aliphatic rings. The van der Waals surface area contributed by atoms with E-state index in [9.17, 15) is 0 Å². The number of anilines is 1. The summed E-state index contributed by atoms with van der Waals surface area (Å²) in [5, 5.41) is 0. The Kier molecular flexibility index (Phi) is 2.82. The van der Waals surface area contributed by atoms with Crippen molar-refractivity contribution in [2.45, 2.75) is 26.0 Å². The fourth-order valence-corrected chi connectivity index (χ4v) is 1.94. The van der Waals surface area contributed by atoms with Crippen LogP contribution in [0.2, 0.25) is 0 Å². The quantitative estimate of drug-likeness (QED) is 0.799. The fraction of sp³-hybridized carbons (Fsp3) is 0.500. The highest BCUT2D eigenvalue weighted by Crippen LogP contribution is 2.33. The minimum atomic E-state index is 0.113. The van der Waals surface area contributed by atoms with E-state index < -0.39 is 0 Å². The first-order valence-electron chi connectivity index (χ1n) is 5.44. The van der Waals surface area contributed by atoms with Crippen molar-refractivity contribution in [2.24, 2.45) is 5.73 Å². The summed E-state index contributed by atoms with van der Waals surface area (Å²) in [6.45, 7) is 5.83. The van der Waals surface area contributed by atoms with E-state index in [1.807, 2.05) is 18.2 Å². The van der Waals surface area contributed by atoms with Crippen LogP contribution in [-0.4, -0.2) is 25.2 Å². The molecule has 3 nitrogen and oxygen atoms in total. The predicted octanol–water partition coefficient (Wildman–Crippen LogP) is 1.62. The SMILES string of the molecule is CC(C)N1CC(CN)Oc2ccccc21. The smallest absolute Gasteiger partial charge is 0.143 e. The van der Waals surface area contributed by atoms with Crippen LogP contribution in [0.4, 0.5) is 5.69 Å². The Morgan fingerprint density at radius 2 is 2.20 bits per heavy atom. The lowest BCUT2D eigenvalue weighted by Gasteiger charge is -2.38. The molecule has 1 unspecified atom stereocenters. The Labute approximate surface area is 90.8 Å². The van der Waals surface area contributed by atoms with Gasteiger partial charge in [-0.3, -0.25) is 0 Å². The third-order valence-corrected chi connectivity index (χ3v) is 2.75.